The van der Waals surface area contributed by atoms with Crippen LogP contribution in [0.4, 0.5) is 0 Å². The number of rotatable bonds is 2. The number of carbonyl (C=O) groups is 1. The van der Waals surface area contributed by atoms with Gasteiger partial charge in [0.1, 0.15) is 5.15 Å². The third-order valence-corrected chi connectivity index (χ3v) is 4.77. The average molecular weight is 339 g/mol. The molecule has 1 aliphatic heterocycles. The molecule has 24 heavy (non-hydrogen) atoms. The van der Waals surface area contributed by atoms with E-state index in [9.17, 15) is 4.79 Å². The second-order valence-electron chi connectivity index (χ2n) is 5.98. The molecule has 5 nitrogen and oxygen atoms in total. The number of ketones is 1. The highest BCUT2D eigenvalue weighted by Crippen LogP contribution is 2.35. The number of terminal acetylenes is 1. The highest BCUT2D eigenvalue weighted by Gasteiger charge is 2.34. The predicted molar refractivity (Wildman–Crippen MR) is 91.2 cm³/mol. The summed E-state index contributed by atoms with van der Waals surface area (Å²) in [4.78, 5) is 19.0. The molecule has 0 amide bonds. The lowest BCUT2D eigenvalue weighted by Crippen LogP contribution is -2.28. The maximum absolute atomic E-state index is 12.4. The summed E-state index contributed by atoms with van der Waals surface area (Å²) in [5.74, 6) is 2.54. The summed E-state index contributed by atoms with van der Waals surface area (Å²) in [6, 6.07) is 5.74. The average Bonchev–Trinajstić information content (AvgIpc) is 3.25. The molecule has 6 heteroatoms. The zero-order valence-corrected chi connectivity index (χ0v) is 13.7. The topological polar surface area (TPSA) is 51.0 Å². The number of nitrogens with zero attached hydrogens (tertiary/aromatic N) is 4. The Morgan fingerprint density at radius 2 is 2.25 bits per heavy atom. The number of hydrogen-bond acceptors (Lipinski definition) is 4. The summed E-state index contributed by atoms with van der Waals surface area (Å²) in [6.45, 7) is 1.54. The zero-order chi connectivity index (χ0) is 16.7. The number of fused-ring (bicyclic) bond motifs is 1. The van der Waals surface area contributed by atoms with Gasteiger partial charge in [0.2, 0.25) is 0 Å². The maximum Gasteiger partial charge on any atom is 0.177 e. The monoisotopic (exact) mass is 338 g/mol. The molecule has 0 N–H and O–H groups in total. The van der Waals surface area contributed by atoms with Crippen LogP contribution in [0, 0.1) is 12.3 Å². The van der Waals surface area contributed by atoms with Gasteiger partial charge in [-0.1, -0.05) is 23.6 Å². The van der Waals surface area contributed by atoms with Crippen LogP contribution in [0.3, 0.4) is 0 Å². The summed E-state index contributed by atoms with van der Waals surface area (Å²) in [6.07, 6.45) is 10.6. The van der Waals surface area contributed by atoms with Crippen molar-refractivity contribution in [1.82, 2.24) is 19.7 Å². The van der Waals surface area contributed by atoms with Crippen LogP contribution in [0.1, 0.15) is 23.7 Å². The van der Waals surface area contributed by atoms with Crippen LogP contribution in [-0.2, 0) is 11.2 Å². The van der Waals surface area contributed by atoms with Crippen molar-refractivity contribution in [2.24, 2.45) is 0 Å². The van der Waals surface area contributed by atoms with Crippen molar-refractivity contribution in [3.63, 3.8) is 0 Å². The van der Waals surface area contributed by atoms with Crippen molar-refractivity contribution < 1.29 is 4.79 Å². The van der Waals surface area contributed by atoms with Crippen LogP contribution in [0.5, 0.6) is 0 Å². The number of aromatic nitrogens is 3. The Morgan fingerprint density at radius 3 is 3.00 bits per heavy atom. The molecular formula is C18H15ClN4O. The molecule has 1 aliphatic carbocycles. The molecule has 2 aliphatic rings. The largest absolute Gasteiger partial charge is 0.366 e. The minimum Gasteiger partial charge on any atom is -0.366 e. The van der Waals surface area contributed by atoms with Crippen molar-refractivity contribution in [2.45, 2.75) is 18.9 Å². The number of carbonyl (C=O) groups excluding carboxylic acids is 1. The van der Waals surface area contributed by atoms with E-state index in [2.05, 4.69) is 20.9 Å². The molecule has 2 aromatic rings. The molecular weight excluding hydrogens is 324 g/mol. The van der Waals surface area contributed by atoms with Gasteiger partial charge in [0, 0.05) is 31.9 Å². The van der Waals surface area contributed by atoms with Gasteiger partial charge in [-0.25, -0.2) is 4.98 Å². The first-order chi connectivity index (χ1) is 11.7. The SMILES string of the molecule is C#CC1=C(N2CC[C@@H](n3cccn3)C2)c2nc(Cl)ccc2CC1=O. The molecule has 2 aromatic heterocycles. The first kappa shape index (κ1) is 15.0. The van der Waals surface area contributed by atoms with E-state index in [0.29, 0.717) is 10.7 Å². The van der Waals surface area contributed by atoms with Crippen molar-refractivity contribution in [1.29, 1.82) is 0 Å². The molecule has 1 saturated heterocycles. The summed E-state index contributed by atoms with van der Waals surface area (Å²) >= 11 is 6.08. The Balaban J connectivity index is 1.76. The lowest BCUT2D eigenvalue weighted by Gasteiger charge is -2.28. The molecule has 1 atom stereocenters. The Bertz CT molecular complexity index is 879. The zero-order valence-electron chi connectivity index (χ0n) is 12.9. The van der Waals surface area contributed by atoms with E-state index in [1.54, 1.807) is 12.3 Å². The van der Waals surface area contributed by atoms with Gasteiger partial charge in [-0.3, -0.25) is 9.48 Å². The normalized spacial score (nSPS) is 20.2. The minimum atomic E-state index is -0.0355. The Labute approximate surface area is 144 Å². The Kier molecular flexibility index (Phi) is 3.62. The van der Waals surface area contributed by atoms with E-state index in [1.165, 1.54) is 0 Å². The molecule has 0 spiro atoms. The summed E-state index contributed by atoms with van der Waals surface area (Å²) in [5, 5.41) is 4.72. The van der Waals surface area contributed by atoms with Crippen LogP contribution in [0.2, 0.25) is 5.15 Å². The molecule has 0 unspecified atom stereocenters. The van der Waals surface area contributed by atoms with Crippen molar-refractivity contribution in [2.75, 3.05) is 13.1 Å². The van der Waals surface area contributed by atoms with Gasteiger partial charge in [0.05, 0.1) is 23.0 Å². The number of halogens is 1. The number of pyridine rings is 1. The van der Waals surface area contributed by atoms with E-state index in [0.717, 1.165) is 36.5 Å². The third kappa shape index (κ3) is 2.40. The molecule has 4 rings (SSSR count). The minimum absolute atomic E-state index is 0.0355. The number of allylic oxidation sites excluding steroid dienone is 1. The predicted octanol–water partition coefficient (Wildman–Crippen LogP) is 2.35. The van der Waals surface area contributed by atoms with Gasteiger partial charge in [-0.2, -0.15) is 5.10 Å². The molecule has 3 heterocycles. The third-order valence-electron chi connectivity index (χ3n) is 4.56. The number of Topliss-reactive ketones (excluding diaryl/α,β-unsaturated/α-hetero) is 1. The summed E-state index contributed by atoms with van der Waals surface area (Å²) in [7, 11) is 0. The second kappa shape index (κ2) is 5.81. The highest BCUT2D eigenvalue weighted by molar-refractivity contribution is 6.29. The van der Waals surface area contributed by atoms with Crippen LogP contribution < -0.4 is 0 Å². The van der Waals surface area contributed by atoms with Gasteiger partial charge in [-0.05, 0) is 24.1 Å². The molecule has 1 fully saturated rings. The molecule has 0 radical (unpaired) electrons. The lowest BCUT2D eigenvalue weighted by molar-refractivity contribution is -0.114. The standard InChI is InChI=1S/C18H15ClN4O/c1-2-14-15(24)10-12-4-5-16(19)21-17(12)18(14)22-9-6-13(11-22)23-8-3-7-20-23/h1,3-5,7-8,13H,6,9-11H2/t13-/m1/s1. The number of likely N-dealkylation sites (tertiary alicyclic amines) is 1. The Morgan fingerprint density at radius 1 is 1.38 bits per heavy atom. The number of hydrogen-bond donors (Lipinski definition) is 0. The lowest BCUT2D eigenvalue weighted by atomic mass is 9.91. The van der Waals surface area contributed by atoms with Crippen LogP contribution in [-0.4, -0.2) is 38.5 Å². The van der Waals surface area contributed by atoms with Crippen molar-refractivity contribution in [3.05, 3.63) is 52.6 Å². The van der Waals surface area contributed by atoms with Crippen LogP contribution in [0.25, 0.3) is 5.70 Å². The molecule has 120 valence electrons. The van der Waals surface area contributed by atoms with E-state index < -0.39 is 0 Å². The van der Waals surface area contributed by atoms with Crippen molar-refractivity contribution >= 4 is 23.1 Å². The quantitative estimate of drug-likeness (QED) is 0.623. The molecule has 0 bridgehead atoms. The van der Waals surface area contributed by atoms with Gasteiger partial charge in [0.15, 0.2) is 5.78 Å². The fourth-order valence-corrected chi connectivity index (χ4v) is 3.59. The van der Waals surface area contributed by atoms with Gasteiger partial charge < -0.3 is 4.90 Å². The smallest absolute Gasteiger partial charge is 0.177 e. The molecule has 0 aromatic carbocycles. The van der Waals surface area contributed by atoms with Gasteiger partial charge >= 0.3 is 0 Å². The Hall–Kier alpha value is -2.58. The first-order valence-corrected chi connectivity index (χ1v) is 8.19. The summed E-state index contributed by atoms with van der Waals surface area (Å²) in [5.41, 5.74) is 2.75. The second-order valence-corrected chi connectivity index (χ2v) is 6.37. The fourth-order valence-electron chi connectivity index (χ4n) is 3.44. The fraction of sp³-hybridized carbons (Fsp3) is 0.278. The maximum atomic E-state index is 12.4. The van der Waals surface area contributed by atoms with E-state index in [-0.39, 0.29) is 18.2 Å². The molecule has 0 saturated carbocycles. The van der Waals surface area contributed by atoms with Crippen LogP contribution in [0.15, 0.2) is 36.2 Å². The van der Waals surface area contributed by atoms with E-state index >= 15 is 0 Å². The van der Waals surface area contributed by atoms with Crippen LogP contribution >= 0.6 is 11.6 Å². The van der Waals surface area contributed by atoms with E-state index in [1.807, 2.05) is 23.0 Å². The first-order valence-electron chi connectivity index (χ1n) is 7.81. The summed E-state index contributed by atoms with van der Waals surface area (Å²) < 4.78 is 1.95. The van der Waals surface area contributed by atoms with Gasteiger partial charge in [-0.15, -0.1) is 6.42 Å². The van der Waals surface area contributed by atoms with Crippen molar-refractivity contribution in [3.8, 4) is 12.3 Å². The highest BCUT2D eigenvalue weighted by atomic mass is 35.5. The van der Waals surface area contributed by atoms with E-state index in [4.69, 9.17) is 18.0 Å². The van der Waals surface area contributed by atoms with Gasteiger partial charge in [0.25, 0.3) is 0 Å².